The normalized spacial score (nSPS) is 33.2. The van der Waals surface area contributed by atoms with Crippen molar-refractivity contribution in [3.05, 3.63) is 11.8 Å². The van der Waals surface area contributed by atoms with Crippen molar-refractivity contribution in [2.75, 3.05) is 6.54 Å². The third-order valence-electron chi connectivity index (χ3n) is 3.60. The SMILES string of the molecule is CC1OC(C)C(c2nnc(CCCN)o2)C1C. The first-order valence-electron chi connectivity index (χ1n) is 6.31. The van der Waals surface area contributed by atoms with E-state index in [-0.39, 0.29) is 18.1 Å². The summed E-state index contributed by atoms with van der Waals surface area (Å²) < 4.78 is 11.5. The number of nitrogens with zero attached hydrogens (tertiary/aromatic N) is 2. The van der Waals surface area contributed by atoms with Crippen LogP contribution in [0.5, 0.6) is 0 Å². The maximum Gasteiger partial charge on any atom is 0.222 e. The molecule has 2 heterocycles. The zero-order valence-corrected chi connectivity index (χ0v) is 10.7. The average molecular weight is 239 g/mol. The van der Waals surface area contributed by atoms with Gasteiger partial charge in [-0.3, -0.25) is 0 Å². The van der Waals surface area contributed by atoms with Gasteiger partial charge in [0.2, 0.25) is 11.8 Å². The molecule has 0 aliphatic carbocycles. The molecule has 0 spiro atoms. The molecule has 4 unspecified atom stereocenters. The maximum atomic E-state index is 5.78. The molecule has 17 heavy (non-hydrogen) atoms. The highest BCUT2D eigenvalue weighted by molar-refractivity contribution is 5.02. The van der Waals surface area contributed by atoms with Crippen molar-refractivity contribution in [1.29, 1.82) is 0 Å². The molecule has 96 valence electrons. The number of ether oxygens (including phenoxy) is 1. The van der Waals surface area contributed by atoms with E-state index in [9.17, 15) is 0 Å². The van der Waals surface area contributed by atoms with Crippen molar-refractivity contribution in [2.24, 2.45) is 11.7 Å². The highest BCUT2D eigenvalue weighted by atomic mass is 16.5. The Kier molecular flexibility index (Phi) is 3.79. The van der Waals surface area contributed by atoms with Crippen LogP contribution in [0.25, 0.3) is 0 Å². The highest BCUT2D eigenvalue weighted by Gasteiger charge is 2.41. The fourth-order valence-electron chi connectivity index (χ4n) is 2.45. The van der Waals surface area contributed by atoms with Gasteiger partial charge >= 0.3 is 0 Å². The Bertz CT molecular complexity index is 366. The van der Waals surface area contributed by atoms with E-state index in [0.717, 1.165) is 12.8 Å². The molecule has 0 radical (unpaired) electrons. The number of hydrogen-bond donors (Lipinski definition) is 1. The van der Waals surface area contributed by atoms with Crippen LogP contribution in [0.4, 0.5) is 0 Å². The van der Waals surface area contributed by atoms with Gasteiger partial charge in [0.25, 0.3) is 0 Å². The van der Waals surface area contributed by atoms with E-state index >= 15 is 0 Å². The van der Waals surface area contributed by atoms with Gasteiger partial charge in [-0.1, -0.05) is 6.92 Å². The van der Waals surface area contributed by atoms with Crippen LogP contribution in [0, 0.1) is 5.92 Å². The molecule has 1 aliphatic heterocycles. The zero-order valence-electron chi connectivity index (χ0n) is 10.7. The van der Waals surface area contributed by atoms with E-state index in [1.807, 2.05) is 0 Å². The van der Waals surface area contributed by atoms with Crippen LogP contribution in [0.15, 0.2) is 4.42 Å². The molecular weight excluding hydrogens is 218 g/mol. The van der Waals surface area contributed by atoms with Crippen molar-refractivity contribution in [3.8, 4) is 0 Å². The summed E-state index contributed by atoms with van der Waals surface area (Å²) in [7, 11) is 0. The standard InChI is InChI=1S/C12H21N3O2/c1-7-8(2)16-9(3)11(7)12-15-14-10(17-12)5-4-6-13/h7-9,11H,4-6,13H2,1-3H3. The third-order valence-corrected chi connectivity index (χ3v) is 3.60. The lowest BCUT2D eigenvalue weighted by atomic mass is 9.89. The summed E-state index contributed by atoms with van der Waals surface area (Å²) in [4.78, 5) is 0. The Balaban J connectivity index is 2.09. The molecule has 2 rings (SSSR count). The van der Waals surface area contributed by atoms with E-state index in [2.05, 4.69) is 31.0 Å². The van der Waals surface area contributed by atoms with Gasteiger partial charge in [0.1, 0.15) is 0 Å². The molecule has 0 amide bonds. The van der Waals surface area contributed by atoms with E-state index in [1.165, 1.54) is 0 Å². The molecule has 0 bridgehead atoms. The monoisotopic (exact) mass is 239 g/mol. The number of rotatable bonds is 4. The second kappa shape index (κ2) is 5.14. The topological polar surface area (TPSA) is 74.2 Å². The lowest BCUT2D eigenvalue weighted by molar-refractivity contribution is 0.0544. The molecule has 1 fully saturated rings. The second-order valence-electron chi connectivity index (χ2n) is 4.86. The fraction of sp³-hybridized carbons (Fsp3) is 0.833. The molecule has 1 aromatic rings. The van der Waals surface area contributed by atoms with E-state index in [0.29, 0.717) is 24.2 Å². The number of aromatic nitrogens is 2. The van der Waals surface area contributed by atoms with Crippen molar-refractivity contribution < 1.29 is 9.15 Å². The maximum absolute atomic E-state index is 5.78. The smallest absolute Gasteiger partial charge is 0.222 e. The lowest BCUT2D eigenvalue weighted by Crippen LogP contribution is -2.15. The quantitative estimate of drug-likeness (QED) is 0.861. The van der Waals surface area contributed by atoms with Crippen LogP contribution in [-0.2, 0) is 11.2 Å². The van der Waals surface area contributed by atoms with Gasteiger partial charge < -0.3 is 14.9 Å². The number of aryl methyl sites for hydroxylation is 1. The fourth-order valence-corrected chi connectivity index (χ4v) is 2.45. The molecule has 1 aliphatic rings. The Morgan fingerprint density at radius 3 is 2.53 bits per heavy atom. The first-order valence-corrected chi connectivity index (χ1v) is 6.31. The Hall–Kier alpha value is -0.940. The molecule has 5 heteroatoms. The first-order chi connectivity index (χ1) is 8.13. The molecule has 1 aromatic heterocycles. The van der Waals surface area contributed by atoms with Crippen molar-refractivity contribution in [3.63, 3.8) is 0 Å². The van der Waals surface area contributed by atoms with Crippen LogP contribution in [0.2, 0.25) is 0 Å². The summed E-state index contributed by atoms with van der Waals surface area (Å²) in [5.74, 6) is 2.02. The van der Waals surface area contributed by atoms with E-state index in [4.69, 9.17) is 14.9 Å². The highest BCUT2D eigenvalue weighted by Crippen LogP contribution is 2.39. The van der Waals surface area contributed by atoms with Crippen LogP contribution in [-0.4, -0.2) is 29.0 Å². The molecule has 0 aromatic carbocycles. The Morgan fingerprint density at radius 2 is 1.94 bits per heavy atom. The van der Waals surface area contributed by atoms with Gasteiger partial charge in [0.15, 0.2) is 0 Å². The molecule has 0 saturated carbocycles. The van der Waals surface area contributed by atoms with Gasteiger partial charge in [-0.05, 0) is 32.7 Å². The largest absolute Gasteiger partial charge is 0.425 e. The van der Waals surface area contributed by atoms with Gasteiger partial charge in [0.05, 0.1) is 18.1 Å². The molecular formula is C12H21N3O2. The summed E-state index contributed by atoms with van der Waals surface area (Å²) in [6.07, 6.45) is 2.02. The molecule has 4 atom stereocenters. The summed E-state index contributed by atoms with van der Waals surface area (Å²) in [6, 6.07) is 0. The first kappa shape index (κ1) is 12.5. The third kappa shape index (κ3) is 2.50. The number of nitrogens with two attached hydrogens (primary N) is 1. The second-order valence-corrected chi connectivity index (χ2v) is 4.86. The summed E-state index contributed by atoms with van der Waals surface area (Å²) >= 11 is 0. The summed E-state index contributed by atoms with van der Waals surface area (Å²) in [5, 5.41) is 8.21. The van der Waals surface area contributed by atoms with Crippen molar-refractivity contribution in [1.82, 2.24) is 10.2 Å². The van der Waals surface area contributed by atoms with Crippen LogP contribution >= 0.6 is 0 Å². The van der Waals surface area contributed by atoms with Crippen LogP contribution < -0.4 is 5.73 Å². The zero-order chi connectivity index (χ0) is 12.4. The van der Waals surface area contributed by atoms with Gasteiger partial charge in [-0.25, -0.2) is 0 Å². The van der Waals surface area contributed by atoms with Gasteiger partial charge in [-0.15, -0.1) is 10.2 Å². The van der Waals surface area contributed by atoms with Crippen LogP contribution in [0.3, 0.4) is 0 Å². The number of hydrogen-bond acceptors (Lipinski definition) is 5. The molecule has 2 N–H and O–H groups in total. The lowest BCUT2D eigenvalue weighted by Gasteiger charge is -2.13. The molecule has 1 saturated heterocycles. The minimum absolute atomic E-state index is 0.141. The predicted octanol–water partition coefficient (Wildman–Crippen LogP) is 1.49. The summed E-state index contributed by atoms with van der Waals surface area (Å²) in [6.45, 7) is 6.97. The van der Waals surface area contributed by atoms with E-state index in [1.54, 1.807) is 0 Å². The molecule has 5 nitrogen and oxygen atoms in total. The minimum atomic E-state index is 0.141. The average Bonchev–Trinajstić information content (AvgIpc) is 2.83. The van der Waals surface area contributed by atoms with Crippen molar-refractivity contribution >= 4 is 0 Å². The predicted molar refractivity (Wildman–Crippen MR) is 63.6 cm³/mol. The Morgan fingerprint density at radius 1 is 1.18 bits per heavy atom. The van der Waals surface area contributed by atoms with Gasteiger partial charge in [-0.2, -0.15) is 0 Å². The minimum Gasteiger partial charge on any atom is -0.425 e. The van der Waals surface area contributed by atoms with Crippen LogP contribution in [0.1, 0.15) is 44.9 Å². The van der Waals surface area contributed by atoms with Gasteiger partial charge in [0, 0.05) is 6.42 Å². The Labute approximate surface area is 102 Å². The van der Waals surface area contributed by atoms with Crippen molar-refractivity contribution in [2.45, 2.75) is 51.7 Å². The van der Waals surface area contributed by atoms with E-state index < -0.39 is 0 Å². The summed E-state index contributed by atoms with van der Waals surface area (Å²) in [5.41, 5.74) is 5.46.